The second-order valence-electron chi connectivity index (χ2n) is 5.27. The lowest BCUT2D eigenvalue weighted by Gasteiger charge is -2.20. The average molecular weight is 278 g/mol. The van der Waals surface area contributed by atoms with Gasteiger partial charge in [-0.25, -0.2) is 9.59 Å². The third-order valence-electron chi connectivity index (χ3n) is 2.98. The molecule has 0 aliphatic carbocycles. The maximum Gasteiger partial charge on any atom is 0.326 e. The van der Waals surface area contributed by atoms with Crippen LogP contribution in [0.3, 0.4) is 0 Å². The third kappa shape index (κ3) is 5.30. The zero-order chi connectivity index (χ0) is 15.1. The molecule has 1 rings (SSSR count). The van der Waals surface area contributed by atoms with Gasteiger partial charge < -0.3 is 15.7 Å². The molecule has 2 atom stereocenters. The Kier molecular flexibility index (Phi) is 6.03. The van der Waals surface area contributed by atoms with Crippen LogP contribution >= 0.6 is 0 Å². The van der Waals surface area contributed by atoms with E-state index in [0.717, 1.165) is 5.56 Å². The van der Waals surface area contributed by atoms with Crippen molar-refractivity contribution in [3.8, 4) is 0 Å². The van der Waals surface area contributed by atoms with Crippen molar-refractivity contribution in [3.05, 3.63) is 35.9 Å². The SMILES string of the molecule is CC(Cc1ccccc1)NC(=O)N[C@H](C(=O)O)C(C)C. The van der Waals surface area contributed by atoms with Crippen molar-refractivity contribution in [2.24, 2.45) is 5.92 Å². The van der Waals surface area contributed by atoms with Gasteiger partial charge in [0.25, 0.3) is 0 Å². The zero-order valence-electron chi connectivity index (χ0n) is 12.1. The van der Waals surface area contributed by atoms with Gasteiger partial charge in [0.15, 0.2) is 0 Å². The molecule has 0 saturated carbocycles. The monoisotopic (exact) mass is 278 g/mol. The van der Waals surface area contributed by atoms with E-state index in [0.29, 0.717) is 6.42 Å². The number of amides is 2. The molecule has 1 unspecified atom stereocenters. The number of rotatable bonds is 6. The number of nitrogens with one attached hydrogen (secondary N) is 2. The van der Waals surface area contributed by atoms with Crippen LogP contribution in [0, 0.1) is 5.92 Å². The topological polar surface area (TPSA) is 78.4 Å². The van der Waals surface area contributed by atoms with Crippen LogP contribution in [-0.2, 0) is 11.2 Å². The first-order valence-corrected chi connectivity index (χ1v) is 6.74. The van der Waals surface area contributed by atoms with Gasteiger partial charge in [0.05, 0.1) is 0 Å². The molecule has 0 fully saturated rings. The maximum atomic E-state index is 11.8. The van der Waals surface area contributed by atoms with E-state index in [1.54, 1.807) is 13.8 Å². The fourth-order valence-corrected chi connectivity index (χ4v) is 1.94. The predicted molar refractivity (Wildman–Crippen MR) is 77.5 cm³/mol. The Morgan fingerprint density at radius 3 is 2.20 bits per heavy atom. The van der Waals surface area contributed by atoms with Crippen LogP contribution in [0.4, 0.5) is 4.79 Å². The molecule has 0 saturated heterocycles. The van der Waals surface area contributed by atoms with E-state index in [1.807, 2.05) is 37.3 Å². The molecule has 20 heavy (non-hydrogen) atoms. The summed E-state index contributed by atoms with van der Waals surface area (Å²) in [5, 5.41) is 14.3. The van der Waals surface area contributed by atoms with Crippen molar-refractivity contribution in [2.75, 3.05) is 0 Å². The normalized spacial score (nSPS) is 13.6. The Bertz CT molecular complexity index is 446. The van der Waals surface area contributed by atoms with Gasteiger partial charge in [-0.3, -0.25) is 0 Å². The standard InChI is InChI=1S/C15H22N2O3/c1-10(2)13(14(18)19)17-15(20)16-11(3)9-12-7-5-4-6-8-12/h4-8,10-11,13H,9H2,1-3H3,(H,18,19)(H2,16,17,20)/t11?,13-/m0/s1. The molecule has 0 heterocycles. The first-order valence-electron chi connectivity index (χ1n) is 6.74. The molecule has 0 aliphatic heterocycles. The number of aliphatic carboxylic acids is 1. The van der Waals surface area contributed by atoms with Gasteiger partial charge in [0.2, 0.25) is 0 Å². The van der Waals surface area contributed by atoms with Crippen LogP contribution in [-0.4, -0.2) is 29.2 Å². The summed E-state index contributed by atoms with van der Waals surface area (Å²) in [4.78, 5) is 22.8. The summed E-state index contributed by atoms with van der Waals surface area (Å²) < 4.78 is 0. The summed E-state index contributed by atoms with van der Waals surface area (Å²) in [6, 6.07) is 8.42. The minimum atomic E-state index is -1.02. The largest absolute Gasteiger partial charge is 0.480 e. The summed E-state index contributed by atoms with van der Waals surface area (Å²) in [6.07, 6.45) is 0.702. The molecule has 5 heteroatoms. The van der Waals surface area contributed by atoms with Crippen LogP contribution in [0.2, 0.25) is 0 Å². The molecule has 0 aliphatic rings. The molecule has 0 radical (unpaired) electrons. The quantitative estimate of drug-likeness (QED) is 0.745. The van der Waals surface area contributed by atoms with Gasteiger partial charge in [-0.2, -0.15) is 0 Å². The van der Waals surface area contributed by atoms with Crippen LogP contribution in [0.15, 0.2) is 30.3 Å². The molecule has 0 bridgehead atoms. The molecular formula is C15H22N2O3. The number of hydrogen-bond acceptors (Lipinski definition) is 2. The van der Waals surface area contributed by atoms with E-state index in [2.05, 4.69) is 10.6 Å². The van der Waals surface area contributed by atoms with Gasteiger partial charge >= 0.3 is 12.0 Å². The summed E-state index contributed by atoms with van der Waals surface area (Å²) in [7, 11) is 0. The van der Waals surface area contributed by atoms with Crippen LogP contribution < -0.4 is 10.6 Å². The third-order valence-corrected chi connectivity index (χ3v) is 2.98. The smallest absolute Gasteiger partial charge is 0.326 e. The highest BCUT2D eigenvalue weighted by Gasteiger charge is 2.23. The van der Waals surface area contributed by atoms with Crippen molar-refractivity contribution < 1.29 is 14.7 Å². The minimum Gasteiger partial charge on any atom is -0.480 e. The Morgan fingerprint density at radius 1 is 1.10 bits per heavy atom. The summed E-state index contributed by atoms with van der Waals surface area (Å²) in [5.41, 5.74) is 1.12. The fraction of sp³-hybridized carbons (Fsp3) is 0.467. The molecule has 0 spiro atoms. The molecular weight excluding hydrogens is 256 g/mol. The lowest BCUT2D eigenvalue weighted by Crippen LogP contribution is -2.50. The molecule has 1 aromatic carbocycles. The van der Waals surface area contributed by atoms with E-state index < -0.39 is 18.0 Å². The Hall–Kier alpha value is -2.04. The zero-order valence-corrected chi connectivity index (χ0v) is 12.1. The number of urea groups is 1. The van der Waals surface area contributed by atoms with E-state index >= 15 is 0 Å². The predicted octanol–water partition coefficient (Wildman–Crippen LogP) is 2.03. The number of hydrogen-bond donors (Lipinski definition) is 3. The number of benzene rings is 1. The molecule has 2 amide bonds. The second-order valence-corrected chi connectivity index (χ2v) is 5.27. The van der Waals surface area contributed by atoms with Gasteiger partial charge in [-0.05, 0) is 24.8 Å². The van der Waals surface area contributed by atoms with Crippen molar-refractivity contribution >= 4 is 12.0 Å². The number of carboxylic acid groups (broad SMARTS) is 1. The van der Waals surface area contributed by atoms with Gasteiger partial charge in [0.1, 0.15) is 6.04 Å². The number of carboxylic acids is 1. The highest BCUT2D eigenvalue weighted by Crippen LogP contribution is 2.04. The minimum absolute atomic E-state index is 0.0704. The van der Waals surface area contributed by atoms with Gasteiger partial charge in [-0.1, -0.05) is 44.2 Å². The van der Waals surface area contributed by atoms with E-state index in [1.165, 1.54) is 0 Å². The van der Waals surface area contributed by atoms with Crippen LogP contribution in [0.5, 0.6) is 0 Å². The molecule has 5 nitrogen and oxygen atoms in total. The van der Waals surface area contributed by atoms with Crippen molar-refractivity contribution in [1.82, 2.24) is 10.6 Å². The van der Waals surface area contributed by atoms with Gasteiger partial charge in [0, 0.05) is 6.04 Å². The first-order chi connectivity index (χ1) is 9.40. The molecule has 1 aromatic rings. The van der Waals surface area contributed by atoms with E-state index in [9.17, 15) is 9.59 Å². The maximum absolute atomic E-state index is 11.8. The number of carbonyl (C=O) groups excluding carboxylic acids is 1. The lowest BCUT2D eigenvalue weighted by atomic mass is 10.1. The van der Waals surface area contributed by atoms with Crippen LogP contribution in [0.1, 0.15) is 26.3 Å². The molecule has 0 aromatic heterocycles. The van der Waals surface area contributed by atoms with E-state index in [-0.39, 0.29) is 12.0 Å². The average Bonchev–Trinajstić information content (AvgIpc) is 2.36. The number of carbonyl (C=O) groups is 2. The van der Waals surface area contributed by atoms with Crippen molar-refractivity contribution in [1.29, 1.82) is 0 Å². The first kappa shape index (κ1) is 16.0. The summed E-state index contributed by atoms with van der Waals surface area (Å²) in [6.45, 7) is 5.40. The van der Waals surface area contributed by atoms with Gasteiger partial charge in [-0.15, -0.1) is 0 Å². The van der Waals surface area contributed by atoms with E-state index in [4.69, 9.17) is 5.11 Å². The highest BCUT2D eigenvalue weighted by atomic mass is 16.4. The lowest BCUT2D eigenvalue weighted by molar-refractivity contribution is -0.140. The fourth-order valence-electron chi connectivity index (χ4n) is 1.94. The summed E-state index contributed by atoms with van der Waals surface area (Å²) >= 11 is 0. The van der Waals surface area contributed by atoms with Crippen LogP contribution in [0.25, 0.3) is 0 Å². The second kappa shape index (κ2) is 7.53. The summed E-state index contributed by atoms with van der Waals surface area (Å²) in [5.74, 6) is -1.19. The van der Waals surface area contributed by atoms with Crippen molar-refractivity contribution in [2.45, 2.75) is 39.3 Å². The van der Waals surface area contributed by atoms with Crippen molar-refractivity contribution in [3.63, 3.8) is 0 Å². The Labute approximate surface area is 119 Å². The molecule has 110 valence electrons. The Balaban J connectivity index is 2.47. The molecule has 3 N–H and O–H groups in total. The Morgan fingerprint density at radius 2 is 1.70 bits per heavy atom. The highest BCUT2D eigenvalue weighted by molar-refractivity contribution is 5.82.